The monoisotopic (exact) mass is 208 g/mol. The van der Waals surface area contributed by atoms with E-state index in [1.165, 1.54) is 25.7 Å². The van der Waals surface area contributed by atoms with Crippen molar-refractivity contribution in [2.45, 2.75) is 58.7 Å². The Morgan fingerprint density at radius 3 is 2.33 bits per heavy atom. The van der Waals surface area contributed by atoms with Gasteiger partial charge in [0.25, 0.3) is 0 Å². The molecule has 0 radical (unpaired) electrons. The van der Waals surface area contributed by atoms with Crippen molar-refractivity contribution in [2.75, 3.05) is 0 Å². The van der Waals surface area contributed by atoms with Gasteiger partial charge in [0, 0.05) is 0 Å². The summed E-state index contributed by atoms with van der Waals surface area (Å²) < 4.78 is 6.26. The first-order chi connectivity index (χ1) is 7.26. The van der Waals surface area contributed by atoms with Gasteiger partial charge in [-0.1, -0.05) is 20.8 Å². The maximum absolute atomic E-state index is 6.26. The number of rotatable bonds is 2. The van der Waals surface area contributed by atoms with E-state index in [1.807, 2.05) is 0 Å². The molecule has 2 aliphatic carbocycles. The second-order valence-electron chi connectivity index (χ2n) is 6.06. The van der Waals surface area contributed by atoms with Crippen molar-refractivity contribution in [1.29, 1.82) is 0 Å². The Labute approximate surface area is 93.6 Å². The molecule has 1 saturated heterocycles. The molecule has 3 aliphatic rings. The molecular weight excluding hydrogens is 184 g/mol. The number of hydrogen-bond acceptors (Lipinski definition) is 1. The van der Waals surface area contributed by atoms with E-state index >= 15 is 0 Å². The standard InChI is InChI=1S/C14H24O/c1-4-11-13-9-6-8(3)10(7-9)14(13)12(5-2)15-11/h8-14H,4-7H2,1-3H3. The second kappa shape index (κ2) is 3.48. The fourth-order valence-electron chi connectivity index (χ4n) is 5.00. The van der Waals surface area contributed by atoms with Crippen LogP contribution in [0.4, 0.5) is 0 Å². The molecule has 7 unspecified atom stereocenters. The van der Waals surface area contributed by atoms with E-state index in [4.69, 9.17) is 4.74 Å². The third-order valence-electron chi connectivity index (χ3n) is 5.48. The van der Waals surface area contributed by atoms with E-state index in [9.17, 15) is 0 Å². The highest BCUT2D eigenvalue weighted by Crippen LogP contribution is 2.61. The Hall–Kier alpha value is -0.0400. The molecule has 15 heavy (non-hydrogen) atoms. The third kappa shape index (κ3) is 1.25. The van der Waals surface area contributed by atoms with Gasteiger partial charge in [0.2, 0.25) is 0 Å². The van der Waals surface area contributed by atoms with Crippen molar-refractivity contribution in [3.8, 4) is 0 Å². The fourth-order valence-corrected chi connectivity index (χ4v) is 5.00. The van der Waals surface area contributed by atoms with Crippen molar-refractivity contribution in [2.24, 2.45) is 29.6 Å². The van der Waals surface area contributed by atoms with Crippen LogP contribution < -0.4 is 0 Å². The van der Waals surface area contributed by atoms with Gasteiger partial charge < -0.3 is 4.74 Å². The minimum atomic E-state index is 0.595. The van der Waals surface area contributed by atoms with Crippen LogP contribution in [0.25, 0.3) is 0 Å². The summed E-state index contributed by atoms with van der Waals surface area (Å²) in [5, 5.41) is 0. The Balaban J connectivity index is 1.87. The lowest BCUT2D eigenvalue weighted by atomic mass is 9.71. The molecule has 0 aromatic heterocycles. The molecule has 3 fully saturated rings. The van der Waals surface area contributed by atoms with E-state index in [0.29, 0.717) is 12.2 Å². The fraction of sp³-hybridized carbons (Fsp3) is 1.00. The van der Waals surface area contributed by atoms with Crippen LogP contribution in [0.3, 0.4) is 0 Å². The molecule has 7 atom stereocenters. The lowest BCUT2D eigenvalue weighted by Gasteiger charge is -2.31. The molecule has 1 heterocycles. The van der Waals surface area contributed by atoms with Crippen LogP contribution in [0.1, 0.15) is 46.5 Å². The summed E-state index contributed by atoms with van der Waals surface area (Å²) in [6.45, 7) is 7.07. The van der Waals surface area contributed by atoms with Crippen LogP contribution in [0.15, 0.2) is 0 Å². The summed E-state index contributed by atoms with van der Waals surface area (Å²) in [5.41, 5.74) is 0. The molecule has 0 spiro atoms. The van der Waals surface area contributed by atoms with Crippen LogP contribution in [-0.4, -0.2) is 12.2 Å². The van der Waals surface area contributed by atoms with Crippen LogP contribution >= 0.6 is 0 Å². The molecule has 86 valence electrons. The minimum Gasteiger partial charge on any atom is -0.374 e. The van der Waals surface area contributed by atoms with Crippen molar-refractivity contribution in [3.63, 3.8) is 0 Å². The Kier molecular flexibility index (Phi) is 2.35. The number of hydrogen-bond donors (Lipinski definition) is 0. The maximum atomic E-state index is 6.26. The summed E-state index contributed by atoms with van der Waals surface area (Å²) in [7, 11) is 0. The minimum absolute atomic E-state index is 0.595. The predicted molar refractivity (Wildman–Crippen MR) is 61.6 cm³/mol. The molecule has 0 amide bonds. The van der Waals surface area contributed by atoms with E-state index in [-0.39, 0.29) is 0 Å². The molecule has 1 nitrogen and oxygen atoms in total. The summed E-state index contributed by atoms with van der Waals surface area (Å²) in [6.07, 6.45) is 6.66. The van der Waals surface area contributed by atoms with Crippen LogP contribution in [0, 0.1) is 29.6 Å². The number of ether oxygens (including phenoxy) is 1. The maximum Gasteiger partial charge on any atom is 0.0611 e. The first-order valence-corrected chi connectivity index (χ1v) is 6.91. The van der Waals surface area contributed by atoms with Crippen molar-refractivity contribution in [1.82, 2.24) is 0 Å². The molecule has 1 aliphatic heterocycles. The normalized spacial score (nSPS) is 57.4. The van der Waals surface area contributed by atoms with E-state index in [1.54, 1.807) is 0 Å². The number of fused-ring (bicyclic) bond motifs is 5. The molecule has 2 saturated carbocycles. The highest BCUT2D eigenvalue weighted by molar-refractivity contribution is 5.07. The molecule has 0 N–H and O–H groups in total. The van der Waals surface area contributed by atoms with Gasteiger partial charge >= 0.3 is 0 Å². The molecule has 1 heteroatoms. The first kappa shape index (κ1) is 10.1. The van der Waals surface area contributed by atoms with Crippen molar-refractivity contribution < 1.29 is 4.74 Å². The smallest absolute Gasteiger partial charge is 0.0611 e. The Morgan fingerprint density at radius 1 is 1.00 bits per heavy atom. The zero-order chi connectivity index (χ0) is 10.6. The zero-order valence-corrected chi connectivity index (χ0v) is 10.3. The second-order valence-corrected chi connectivity index (χ2v) is 6.06. The largest absolute Gasteiger partial charge is 0.374 e. The zero-order valence-electron chi connectivity index (χ0n) is 10.3. The average Bonchev–Trinajstić information content (AvgIpc) is 2.85. The highest BCUT2D eigenvalue weighted by atomic mass is 16.5. The van der Waals surface area contributed by atoms with Crippen LogP contribution in [0.5, 0.6) is 0 Å². The quantitative estimate of drug-likeness (QED) is 0.675. The van der Waals surface area contributed by atoms with Gasteiger partial charge in [-0.2, -0.15) is 0 Å². The Morgan fingerprint density at radius 2 is 1.67 bits per heavy atom. The van der Waals surface area contributed by atoms with E-state index in [2.05, 4.69) is 20.8 Å². The molecule has 3 rings (SSSR count). The molecular formula is C14H24O. The van der Waals surface area contributed by atoms with E-state index < -0.39 is 0 Å². The van der Waals surface area contributed by atoms with Crippen LogP contribution in [0.2, 0.25) is 0 Å². The SMILES string of the molecule is CCC1OC(CC)C2C3CC(CC3C)C12. The molecule has 0 aromatic rings. The van der Waals surface area contributed by atoms with Crippen molar-refractivity contribution in [3.05, 3.63) is 0 Å². The lowest BCUT2D eigenvalue weighted by Crippen LogP contribution is -2.31. The van der Waals surface area contributed by atoms with Gasteiger partial charge in [-0.15, -0.1) is 0 Å². The van der Waals surface area contributed by atoms with Gasteiger partial charge in [-0.3, -0.25) is 0 Å². The van der Waals surface area contributed by atoms with E-state index in [0.717, 1.165) is 29.6 Å². The highest BCUT2D eigenvalue weighted by Gasteiger charge is 2.59. The summed E-state index contributed by atoms with van der Waals surface area (Å²) in [5.74, 6) is 4.84. The van der Waals surface area contributed by atoms with Crippen LogP contribution in [-0.2, 0) is 4.74 Å². The molecule has 0 aromatic carbocycles. The average molecular weight is 208 g/mol. The van der Waals surface area contributed by atoms with Gasteiger partial charge in [0.15, 0.2) is 0 Å². The van der Waals surface area contributed by atoms with Gasteiger partial charge in [-0.05, 0) is 55.3 Å². The topological polar surface area (TPSA) is 9.23 Å². The van der Waals surface area contributed by atoms with Gasteiger partial charge in [-0.25, -0.2) is 0 Å². The summed E-state index contributed by atoms with van der Waals surface area (Å²) >= 11 is 0. The summed E-state index contributed by atoms with van der Waals surface area (Å²) in [4.78, 5) is 0. The lowest BCUT2D eigenvalue weighted by molar-refractivity contribution is 0.0128. The van der Waals surface area contributed by atoms with Gasteiger partial charge in [0.05, 0.1) is 12.2 Å². The third-order valence-corrected chi connectivity index (χ3v) is 5.48. The molecule has 2 bridgehead atoms. The summed E-state index contributed by atoms with van der Waals surface area (Å²) in [6, 6.07) is 0. The van der Waals surface area contributed by atoms with Gasteiger partial charge in [0.1, 0.15) is 0 Å². The van der Waals surface area contributed by atoms with Crippen molar-refractivity contribution >= 4 is 0 Å². The first-order valence-electron chi connectivity index (χ1n) is 6.91. The Bertz CT molecular complexity index is 248. The predicted octanol–water partition coefficient (Wildman–Crippen LogP) is 3.48.